The van der Waals surface area contributed by atoms with Crippen molar-refractivity contribution in [3.8, 4) is 0 Å². The van der Waals surface area contributed by atoms with Crippen LogP contribution in [0, 0.1) is 0 Å². The van der Waals surface area contributed by atoms with Crippen LogP contribution in [-0.4, -0.2) is 51.5 Å². The Bertz CT molecular complexity index is 1830. The van der Waals surface area contributed by atoms with Gasteiger partial charge in [-0.2, -0.15) is 0 Å². The Morgan fingerprint density at radius 3 is 2.02 bits per heavy atom. The van der Waals surface area contributed by atoms with Gasteiger partial charge in [-0.3, -0.25) is 9.59 Å². The molecule has 2 N–H and O–H groups in total. The fourth-order valence-electron chi connectivity index (χ4n) is 5.61. The summed E-state index contributed by atoms with van der Waals surface area (Å²) < 4.78 is 11.9. The number of aryl methyl sites for hydroxylation is 1. The van der Waals surface area contributed by atoms with E-state index in [-0.39, 0.29) is 22.9 Å². The van der Waals surface area contributed by atoms with Gasteiger partial charge in [0.1, 0.15) is 5.52 Å². The van der Waals surface area contributed by atoms with Gasteiger partial charge < -0.3 is 20.1 Å². The number of amides is 2. The van der Waals surface area contributed by atoms with Crippen molar-refractivity contribution in [2.24, 2.45) is 0 Å². The van der Waals surface area contributed by atoms with Gasteiger partial charge in [-0.25, -0.2) is 14.3 Å². The van der Waals surface area contributed by atoms with Crippen LogP contribution in [0.15, 0.2) is 60.7 Å². The molecule has 13 heteroatoms. The molecule has 0 fully saturated rings. The minimum absolute atomic E-state index is 0.0180. The second-order valence-electron chi connectivity index (χ2n) is 12.7. The maximum Gasteiger partial charge on any atom is 0.347 e. The number of aromatic nitrogens is 3. The zero-order chi connectivity index (χ0) is 37.5. The second-order valence-corrected chi connectivity index (χ2v) is 13.5. The van der Waals surface area contributed by atoms with Gasteiger partial charge in [-0.15, -0.1) is 5.10 Å². The van der Waals surface area contributed by atoms with Gasteiger partial charge in [0.2, 0.25) is 6.04 Å². The summed E-state index contributed by atoms with van der Waals surface area (Å²) in [4.78, 5) is 53.3. The van der Waals surface area contributed by atoms with Crippen LogP contribution in [-0.2, 0) is 30.3 Å². The Hall–Kier alpha value is -4.48. The van der Waals surface area contributed by atoms with E-state index in [1.54, 1.807) is 36.4 Å². The summed E-state index contributed by atoms with van der Waals surface area (Å²) in [7, 11) is 0. The van der Waals surface area contributed by atoms with Crippen molar-refractivity contribution in [2.45, 2.75) is 104 Å². The zero-order valence-electron chi connectivity index (χ0n) is 30.0. The predicted molar refractivity (Wildman–Crippen MR) is 204 cm³/mol. The number of carbonyl (C=O) groups is 4. The molecule has 278 valence electrons. The van der Waals surface area contributed by atoms with Gasteiger partial charge in [0.05, 0.1) is 39.1 Å². The van der Waals surface area contributed by atoms with E-state index in [0.29, 0.717) is 28.2 Å². The monoisotopic (exact) mass is 751 g/mol. The van der Waals surface area contributed by atoms with Gasteiger partial charge in [-0.1, -0.05) is 118 Å². The number of esters is 2. The van der Waals surface area contributed by atoms with Crippen molar-refractivity contribution in [1.82, 2.24) is 15.0 Å². The molecule has 52 heavy (non-hydrogen) atoms. The number of carbonyl (C=O) groups excluding carboxylic acids is 4. The molecule has 0 spiro atoms. The SMILES string of the molecule is CCCCCCCCCCCCOC(=O)C(C)OC(=O)c1ccc(Cl)c(NC(=O)C(C(=O)Nc2cc(CC)ccc2Cl)n2nnc3ccccc32)c1. The summed E-state index contributed by atoms with van der Waals surface area (Å²) in [6.07, 6.45) is 11.2. The molecule has 4 rings (SSSR count). The second kappa shape index (κ2) is 20.5. The van der Waals surface area contributed by atoms with E-state index in [0.717, 1.165) is 24.8 Å². The lowest BCUT2D eigenvalue weighted by Crippen LogP contribution is -2.37. The average Bonchev–Trinajstić information content (AvgIpc) is 3.55. The quantitative estimate of drug-likeness (QED) is 0.0517. The van der Waals surface area contributed by atoms with Gasteiger partial charge in [0, 0.05) is 0 Å². The Labute approximate surface area is 314 Å². The standard InChI is InChI=1S/C39H47Cl2N5O6/c1-4-6-7-8-9-10-11-12-13-16-23-51-38(49)26(3)52-39(50)28-20-22-30(41)33(25-28)43-37(48)35(46-34-18-15-14-17-31(34)44-45-46)36(47)42-32-24-27(5-2)19-21-29(32)40/h14-15,17-22,24-26,35H,4-13,16,23H2,1-3H3,(H,42,47)(H,43,48). The maximum atomic E-state index is 13.9. The summed E-state index contributed by atoms with van der Waals surface area (Å²) in [5.41, 5.74) is 2.21. The number of hydrogen-bond donors (Lipinski definition) is 2. The van der Waals surface area contributed by atoms with Crippen molar-refractivity contribution in [2.75, 3.05) is 17.2 Å². The number of unbranched alkanes of at least 4 members (excludes halogenated alkanes) is 9. The fourth-order valence-corrected chi connectivity index (χ4v) is 5.94. The largest absolute Gasteiger partial charge is 0.463 e. The third-order valence-corrected chi connectivity index (χ3v) is 9.29. The maximum absolute atomic E-state index is 13.9. The van der Waals surface area contributed by atoms with Crippen LogP contribution in [0.4, 0.5) is 11.4 Å². The van der Waals surface area contributed by atoms with E-state index >= 15 is 0 Å². The van der Waals surface area contributed by atoms with Gasteiger partial charge in [0.15, 0.2) is 6.10 Å². The van der Waals surface area contributed by atoms with Gasteiger partial charge >= 0.3 is 11.9 Å². The summed E-state index contributed by atoms with van der Waals surface area (Å²) in [6.45, 7) is 5.87. The Balaban J connectivity index is 1.38. The summed E-state index contributed by atoms with van der Waals surface area (Å²) in [5.74, 6) is -3.02. The summed E-state index contributed by atoms with van der Waals surface area (Å²) in [6, 6.07) is 14.7. The van der Waals surface area contributed by atoms with E-state index in [9.17, 15) is 19.2 Å². The Morgan fingerprint density at radius 2 is 1.37 bits per heavy atom. The third kappa shape index (κ3) is 11.5. The lowest BCUT2D eigenvalue weighted by atomic mass is 10.1. The first-order chi connectivity index (χ1) is 25.1. The van der Waals surface area contributed by atoms with Crippen molar-refractivity contribution in [3.63, 3.8) is 0 Å². The zero-order valence-corrected chi connectivity index (χ0v) is 31.5. The Morgan fingerprint density at radius 1 is 0.769 bits per heavy atom. The molecule has 0 bridgehead atoms. The van der Waals surface area contributed by atoms with Crippen LogP contribution in [0.5, 0.6) is 0 Å². The van der Waals surface area contributed by atoms with Crippen LogP contribution in [0.1, 0.15) is 107 Å². The number of rotatable bonds is 20. The van der Waals surface area contributed by atoms with Crippen LogP contribution in [0.2, 0.25) is 10.0 Å². The molecule has 1 aromatic heterocycles. The molecule has 2 amide bonds. The number of nitrogens with zero attached hydrogens (tertiary/aromatic N) is 3. The first-order valence-corrected chi connectivity index (χ1v) is 18.8. The lowest BCUT2D eigenvalue weighted by molar-refractivity contribution is -0.153. The molecule has 0 aliphatic heterocycles. The number of benzene rings is 3. The summed E-state index contributed by atoms with van der Waals surface area (Å²) >= 11 is 12.8. The molecule has 0 saturated carbocycles. The predicted octanol–water partition coefficient (Wildman–Crippen LogP) is 9.13. The van der Waals surface area contributed by atoms with E-state index in [1.807, 2.05) is 13.0 Å². The number of fused-ring (bicyclic) bond motifs is 1. The molecule has 0 aliphatic carbocycles. The molecule has 3 aromatic carbocycles. The Kier molecular flexibility index (Phi) is 15.9. The minimum atomic E-state index is -1.56. The molecule has 0 radical (unpaired) electrons. The van der Waals surface area contributed by atoms with Gasteiger partial charge in [-0.05, 0) is 67.8 Å². The minimum Gasteiger partial charge on any atom is -0.463 e. The molecule has 0 saturated heterocycles. The van der Waals surface area contributed by atoms with Crippen molar-refractivity contribution in [3.05, 3.63) is 81.8 Å². The van der Waals surface area contributed by atoms with Crippen molar-refractivity contribution < 1.29 is 28.7 Å². The highest BCUT2D eigenvalue weighted by atomic mass is 35.5. The molecule has 0 aliphatic rings. The highest BCUT2D eigenvalue weighted by Gasteiger charge is 2.33. The van der Waals surface area contributed by atoms with Crippen LogP contribution in [0.25, 0.3) is 11.0 Å². The van der Waals surface area contributed by atoms with E-state index < -0.39 is 35.9 Å². The average molecular weight is 753 g/mol. The number of nitrogens with one attached hydrogen (secondary N) is 2. The number of halogens is 2. The van der Waals surface area contributed by atoms with Crippen LogP contribution in [0.3, 0.4) is 0 Å². The topological polar surface area (TPSA) is 142 Å². The molecule has 2 unspecified atom stereocenters. The summed E-state index contributed by atoms with van der Waals surface area (Å²) in [5, 5.41) is 14.0. The molecule has 1 heterocycles. The van der Waals surface area contributed by atoms with Crippen molar-refractivity contribution in [1.29, 1.82) is 0 Å². The van der Waals surface area contributed by atoms with E-state index in [2.05, 4.69) is 27.9 Å². The lowest BCUT2D eigenvalue weighted by Gasteiger charge is -2.19. The van der Waals surface area contributed by atoms with E-state index in [1.165, 1.54) is 74.8 Å². The van der Waals surface area contributed by atoms with Gasteiger partial charge in [0.25, 0.3) is 11.8 Å². The third-order valence-electron chi connectivity index (χ3n) is 8.63. The molecule has 4 aromatic rings. The number of anilines is 2. The number of ether oxygens (including phenoxy) is 2. The van der Waals surface area contributed by atoms with Crippen LogP contribution < -0.4 is 10.6 Å². The molecular formula is C39H47Cl2N5O6. The first-order valence-electron chi connectivity index (χ1n) is 18.0. The highest BCUT2D eigenvalue weighted by Crippen LogP contribution is 2.28. The fraction of sp³-hybridized carbons (Fsp3) is 0.436. The van der Waals surface area contributed by atoms with E-state index in [4.69, 9.17) is 32.7 Å². The molecular weight excluding hydrogens is 705 g/mol. The molecule has 11 nitrogen and oxygen atoms in total. The number of hydrogen-bond acceptors (Lipinski definition) is 8. The first kappa shape index (κ1) is 40.3. The highest BCUT2D eigenvalue weighted by molar-refractivity contribution is 6.34. The van der Waals surface area contributed by atoms with Crippen molar-refractivity contribution >= 4 is 69.4 Å². The molecule has 2 atom stereocenters. The van der Waals surface area contributed by atoms with Crippen LogP contribution >= 0.6 is 23.2 Å². The smallest absolute Gasteiger partial charge is 0.347 e. The normalized spacial score (nSPS) is 12.2. The number of para-hydroxylation sites is 1.